The van der Waals surface area contributed by atoms with Crippen LogP contribution in [-0.2, 0) is 4.74 Å². The van der Waals surface area contributed by atoms with Gasteiger partial charge in [0.15, 0.2) is 5.43 Å². The first-order chi connectivity index (χ1) is 14.2. The maximum atomic E-state index is 13.3. The van der Waals surface area contributed by atoms with E-state index in [1.54, 1.807) is 34.9 Å². The summed E-state index contributed by atoms with van der Waals surface area (Å²) in [6.45, 7) is 3.64. The molecule has 1 aromatic heterocycles. The second-order valence-corrected chi connectivity index (χ2v) is 7.77. The fourth-order valence-electron chi connectivity index (χ4n) is 3.81. The highest BCUT2D eigenvalue weighted by Crippen LogP contribution is 2.38. The first kappa shape index (κ1) is 19.7. The SMILES string of the molecule is CCOCCCN1C(=O)c2oc3ccccc3c(=O)c2[C@H]1c1ccc(SC)cc1. The van der Waals surface area contributed by atoms with Crippen LogP contribution in [0.3, 0.4) is 0 Å². The Morgan fingerprint density at radius 3 is 2.59 bits per heavy atom. The molecule has 2 heterocycles. The van der Waals surface area contributed by atoms with Gasteiger partial charge in [-0.25, -0.2) is 0 Å². The minimum absolute atomic E-state index is 0.138. The van der Waals surface area contributed by atoms with Crippen LogP contribution in [0, 0.1) is 0 Å². The van der Waals surface area contributed by atoms with Gasteiger partial charge in [-0.3, -0.25) is 9.59 Å². The van der Waals surface area contributed by atoms with Gasteiger partial charge in [-0.2, -0.15) is 0 Å². The Hall–Kier alpha value is -2.57. The molecule has 150 valence electrons. The van der Waals surface area contributed by atoms with Gasteiger partial charge in [-0.15, -0.1) is 11.8 Å². The molecule has 6 heteroatoms. The Balaban J connectivity index is 1.82. The summed E-state index contributed by atoms with van der Waals surface area (Å²) in [5.74, 6) is -0.0812. The van der Waals surface area contributed by atoms with Gasteiger partial charge in [0.25, 0.3) is 5.91 Å². The molecule has 4 rings (SSSR count). The van der Waals surface area contributed by atoms with E-state index in [-0.39, 0.29) is 17.1 Å². The highest BCUT2D eigenvalue weighted by Gasteiger charge is 2.42. The van der Waals surface area contributed by atoms with E-state index in [0.717, 1.165) is 10.5 Å². The molecule has 0 unspecified atom stereocenters. The first-order valence-corrected chi connectivity index (χ1v) is 11.0. The second kappa shape index (κ2) is 8.43. The molecule has 1 aliphatic heterocycles. The summed E-state index contributed by atoms with van der Waals surface area (Å²) in [5.41, 5.74) is 1.65. The predicted octanol–water partition coefficient (Wildman–Crippen LogP) is 4.49. The molecule has 5 nitrogen and oxygen atoms in total. The smallest absolute Gasteiger partial charge is 0.290 e. The molecule has 3 aromatic rings. The minimum Gasteiger partial charge on any atom is -0.450 e. The van der Waals surface area contributed by atoms with Crippen LogP contribution < -0.4 is 5.43 Å². The number of nitrogens with zero attached hydrogens (tertiary/aromatic N) is 1. The number of fused-ring (bicyclic) bond motifs is 2. The number of carbonyl (C=O) groups excluding carboxylic acids is 1. The van der Waals surface area contributed by atoms with Crippen molar-refractivity contribution in [3.63, 3.8) is 0 Å². The molecule has 1 aliphatic rings. The number of rotatable bonds is 7. The van der Waals surface area contributed by atoms with Crippen LogP contribution in [-0.4, -0.2) is 36.8 Å². The van der Waals surface area contributed by atoms with Gasteiger partial charge in [-0.05, 0) is 49.4 Å². The van der Waals surface area contributed by atoms with E-state index < -0.39 is 6.04 Å². The second-order valence-electron chi connectivity index (χ2n) is 6.89. The fourth-order valence-corrected chi connectivity index (χ4v) is 4.22. The number of para-hydroxylation sites is 1. The van der Waals surface area contributed by atoms with E-state index in [2.05, 4.69) is 0 Å². The number of benzene rings is 2. The van der Waals surface area contributed by atoms with Crippen molar-refractivity contribution >= 4 is 28.6 Å². The molecule has 2 aromatic carbocycles. The van der Waals surface area contributed by atoms with Crippen LogP contribution in [0.5, 0.6) is 0 Å². The highest BCUT2D eigenvalue weighted by atomic mass is 32.2. The maximum absolute atomic E-state index is 13.3. The molecule has 1 amide bonds. The summed E-state index contributed by atoms with van der Waals surface area (Å²) in [5, 5.41) is 0.501. The molecular formula is C23H23NO4S. The summed E-state index contributed by atoms with van der Waals surface area (Å²) in [7, 11) is 0. The molecule has 0 saturated heterocycles. The molecule has 0 spiro atoms. The lowest BCUT2D eigenvalue weighted by Crippen LogP contribution is -2.31. The zero-order valence-corrected chi connectivity index (χ0v) is 17.3. The number of thioether (sulfide) groups is 1. The Kier molecular flexibility index (Phi) is 5.74. The molecule has 1 atom stereocenters. The molecule has 29 heavy (non-hydrogen) atoms. The van der Waals surface area contributed by atoms with Crippen molar-refractivity contribution in [2.45, 2.75) is 24.3 Å². The van der Waals surface area contributed by atoms with Gasteiger partial charge in [0.2, 0.25) is 5.76 Å². The third-order valence-corrected chi connectivity index (χ3v) is 5.94. The van der Waals surface area contributed by atoms with Crippen LogP contribution in [0.25, 0.3) is 11.0 Å². The van der Waals surface area contributed by atoms with Crippen LogP contribution in [0.4, 0.5) is 0 Å². The van der Waals surface area contributed by atoms with Crippen molar-refractivity contribution in [2.75, 3.05) is 26.0 Å². The Morgan fingerprint density at radius 1 is 1.10 bits per heavy atom. The Morgan fingerprint density at radius 2 is 1.86 bits per heavy atom. The van der Waals surface area contributed by atoms with Crippen molar-refractivity contribution in [1.82, 2.24) is 4.90 Å². The molecule has 0 radical (unpaired) electrons. The Labute approximate surface area is 173 Å². The van der Waals surface area contributed by atoms with E-state index in [1.165, 1.54) is 0 Å². The highest BCUT2D eigenvalue weighted by molar-refractivity contribution is 7.98. The summed E-state index contributed by atoms with van der Waals surface area (Å²) in [6, 6.07) is 14.7. The van der Waals surface area contributed by atoms with Gasteiger partial charge in [0, 0.05) is 24.7 Å². The minimum atomic E-state index is -0.448. The average Bonchev–Trinajstić information content (AvgIpc) is 3.03. The Bertz CT molecular complexity index is 1090. The summed E-state index contributed by atoms with van der Waals surface area (Å²) in [6.07, 6.45) is 2.71. The monoisotopic (exact) mass is 409 g/mol. The summed E-state index contributed by atoms with van der Waals surface area (Å²) in [4.78, 5) is 29.4. The molecule has 0 bridgehead atoms. The standard InChI is InChI=1S/C23H23NO4S/c1-3-27-14-6-13-24-20(15-9-11-16(29-2)12-10-15)19-21(25)17-7-4-5-8-18(17)28-22(19)23(24)26/h4-5,7-12,20H,3,6,13-14H2,1-2H3/t20-/m1/s1. The van der Waals surface area contributed by atoms with Crippen LogP contribution in [0.2, 0.25) is 0 Å². The van der Waals surface area contributed by atoms with Crippen molar-refractivity contribution in [3.05, 3.63) is 75.6 Å². The van der Waals surface area contributed by atoms with E-state index >= 15 is 0 Å². The number of ether oxygens (including phenoxy) is 1. The quantitative estimate of drug-likeness (QED) is 0.425. The van der Waals surface area contributed by atoms with Crippen molar-refractivity contribution < 1.29 is 13.9 Å². The number of carbonyl (C=O) groups is 1. The van der Waals surface area contributed by atoms with Crippen molar-refractivity contribution in [1.29, 1.82) is 0 Å². The van der Waals surface area contributed by atoms with Crippen LogP contribution >= 0.6 is 11.8 Å². The van der Waals surface area contributed by atoms with E-state index in [9.17, 15) is 9.59 Å². The fraction of sp³-hybridized carbons (Fsp3) is 0.304. The first-order valence-electron chi connectivity index (χ1n) is 9.74. The molecule has 0 fully saturated rings. The van der Waals surface area contributed by atoms with E-state index in [0.29, 0.717) is 42.7 Å². The normalized spacial score (nSPS) is 15.9. The van der Waals surface area contributed by atoms with Crippen LogP contribution in [0.15, 0.2) is 62.6 Å². The van der Waals surface area contributed by atoms with E-state index in [1.807, 2.05) is 43.5 Å². The maximum Gasteiger partial charge on any atom is 0.290 e. The van der Waals surface area contributed by atoms with Crippen molar-refractivity contribution in [3.8, 4) is 0 Å². The molecule has 0 aliphatic carbocycles. The lowest BCUT2D eigenvalue weighted by molar-refractivity contribution is 0.0696. The zero-order valence-electron chi connectivity index (χ0n) is 16.5. The number of amides is 1. The topological polar surface area (TPSA) is 59.8 Å². The predicted molar refractivity (Wildman–Crippen MR) is 115 cm³/mol. The van der Waals surface area contributed by atoms with Gasteiger partial charge in [0.1, 0.15) is 5.58 Å². The number of hydrogen-bond acceptors (Lipinski definition) is 5. The molecule has 0 N–H and O–H groups in total. The zero-order chi connectivity index (χ0) is 20.4. The number of hydrogen-bond donors (Lipinski definition) is 0. The van der Waals surface area contributed by atoms with Crippen LogP contribution in [0.1, 0.15) is 41.1 Å². The molecular weight excluding hydrogens is 386 g/mol. The van der Waals surface area contributed by atoms with Crippen molar-refractivity contribution in [2.24, 2.45) is 0 Å². The van der Waals surface area contributed by atoms with Gasteiger partial charge < -0.3 is 14.1 Å². The third-order valence-electron chi connectivity index (χ3n) is 5.20. The van der Waals surface area contributed by atoms with Gasteiger partial charge in [-0.1, -0.05) is 24.3 Å². The summed E-state index contributed by atoms with van der Waals surface area (Å²) >= 11 is 1.65. The largest absolute Gasteiger partial charge is 0.450 e. The lowest BCUT2D eigenvalue weighted by Gasteiger charge is -2.25. The lowest BCUT2D eigenvalue weighted by atomic mass is 9.98. The van der Waals surface area contributed by atoms with Gasteiger partial charge >= 0.3 is 0 Å². The average molecular weight is 410 g/mol. The third kappa shape index (κ3) is 3.58. The summed E-state index contributed by atoms with van der Waals surface area (Å²) < 4.78 is 11.4. The van der Waals surface area contributed by atoms with Gasteiger partial charge in [0.05, 0.1) is 17.0 Å². The molecule has 0 saturated carbocycles. The van der Waals surface area contributed by atoms with E-state index in [4.69, 9.17) is 9.15 Å².